The summed E-state index contributed by atoms with van der Waals surface area (Å²) in [5, 5.41) is 10.1. The van der Waals surface area contributed by atoms with Gasteiger partial charge in [-0.25, -0.2) is 0 Å². The highest BCUT2D eigenvalue weighted by atomic mass is 16.3. The minimum atomic E-state index is -0.379. The summed E-state index contributed by atoms with van der Waals surface area (Å²) in [6.07, 6.45) is 1.71. The van der Waals surface area contributed by atoms with Crippen molar-refractivity contribution in [2.24, 2.45) is 5.73 Å². The second kappa shape index (κ2) is 5.43. The van der Waals surface area contributed by atoms with E-state index >= 15 is 0 Å². The lowest BCUT2D eigenvalue weighted by atomic mass is 10.0. The molecule has 2 rings (SSSR count). The number of aliphatic hydroxyl groups excluding tert-OH is 1. The zero-order valence-corrected chi connectivity index (χ0v) is 9.55. The van der Waals surface area contributed by atoms with E-state index < -0.39 is 0 Å². The Bertz CT molecular complexity index is 307. The van der Waals surface area contributed by atoms with Crippen LogP contribution in [0, 0.1) is 0 Å². The smallest absolute Gasteiger partial charge is 0.0916 e. The number of nitrogens with zero attached hydrogens (tertiary/aromatic N) is 1. The van der Waals surface area contributed by atoms with Gasteiger partial charge < -0.3 is 15.7 Å². The first-order valence-corrected chi connectivity index (χ1v) is 5.96. The number of hydrogen-bond acceptors (Lipinski definition) is 3. The number of aliphatic hydroxyl groups is 1. The molecular weight excluding hydrogens is 200 g/mol. The predicted molar refractivity (Wildman–Crippen MR) is 65.1 cm³/mol. The Kier molecular flexibility index (Phi) is 3.93. The van der Waals surface area contributed by atoms with Gasteiger partial charge in [0.2, 0.25) is 0 Å². The summed E-state index contributed by atoms with van der Waals surface area (Å²) in [5.41, 5.74) is 6.85. The highest BCUT2D eigenvalue weighted by Gasteiger charge is 2.18. The third kappa shape index (κ3) is 3.04. The van der Waals surface area contributed by atoms with Gasteiger partial charge in [-0.15, -0.1) is 0 Å². The fourth-order valence-electron chi connectivity index (χ4n) is 2.16. The highest BCUT2D eigenvalue weighted by Crippen LogP contribution is 2.16. The van der Waals surface area contributed by atoms with E-state index in [1.807, 2.05) is 30.3 Å². The van der Waals surface area contributed by atoms with Crippen LogP contribution in [0.5, 0.6) is 0 Å². The molecule has 1 aromatic carbocycles. The largest absolute Gasteiger partial charge is 0.387 e. The van der Waals surface area contributed by atoms with E-state index in [1.165, 1.54) is 0 Å². The average molecular weight is 220 g/mol. The molecule has 0 spiro atoms. The van der Waals surface area contributed by atoms with Gasteiger partial charge >= 0.3 is 0 Å². The molecule has 1 aliphatic rings. The van der Waals surface area contributed by atoms with E-state index in [0.717, 1.165) is 38.0 Å². The van der Waals surface area contributed by atoms with Gasteiger partial charge in [0.15, 0.2) is 0 Å². The van der Waals surface area contributed by atoms with Gasteiger partial charge in [-0.2, -0.15) is 0 Å². The Morgan fingerprint density at radius 2 is 1.88 bits per heavy atom. The van der Waals surface area contributed by atoms with Crippen LogP contribution in [0.3, 0.4) is 0 Å². The number of rotatable bonds is 3. The summed E-state index contributed by atoms with van der Waals surface area (Å²) in [6.45, 7) is 2.73. The standard InChI is InChI=1S/C13H20N2O/c14-12-6-8-15(9-7-12)10-13(16)11-4-2-1-3-5-11/h1-5,12-13,16H,6-10,14H2/t13-/m1/s1. The summed E-state index contributed by atoms with van der Waals surface area (Å²) in [5.74, 6) is 0. The van der Waals surface area contributed by atoms with Gasteiger partial charge in [-0.05, 0) is 31.5 Å². The van der Waals surface area contributed by atoms with E-state index in [1.54, 1.807) is 0 Å². The summed E-state index contributed by atoms with van der Waals surface area (Å²) < 4.78 is 0. The quantitative estimate of drug-likeness (QED) is 0.803. The fraction of sp³-hybridized carbons (Fsp3) is 0.538. The van der Waals surface area contributed by atoms with Crippen molar-refractivity contribution in [3.8, 4) is 0 Å². The molecule has 88 valence electrons. The first-order chi connectivity index (χ1) is 7.75. The molecule has 0 aliphatic carbocycles. The van der Waals surface area contributed by atoms with Gasteiger partial charge in [0.05, 0.1) is 6.10 Å². The lowest BCUT2D eigenvalue weighted by Crippen LogP contribution is -2.41. The molecule has 1 aromatic rings. The van der Waals surface area contributed by atoms with Gasteiger partial charge in [0, 0.05) is 12.6 Å². The third-order valence-corrected chi connectivity index (χ3v) is 3.25. The van der Waals surface area contributed by atoms with E-state index in [9.17, 15) is 5.11 Å². The van der Waals surface area contributed by atoms with Crippen molar-refractivity contribution in [1.29, 1.82) is 0 Å². The van der Waals surface area contributed by atoms with Gasteiger partial charge in [0.25, 0.3) is 0 Å². The molecule has 0 saturated carbocycles. The van der Waals surface area contributed by atoms with Crippen molar-refractivity contribution in [3.63, 3.8) is 0 Å². The molecule has 1 heterocycles. The molecule has 0 bridgehead atoms. The van der Waals surface area contributed by atoms with Crippen LogP contribution in [-0.2, 0) is 0 Å². The molecule has 16 heavy (non-hydrogen) atoms. The Balaban J connectivity index is 1.86. The maximum Gasteiger partial charge on any atom is 0.0916 e. The maximum atomic E-state index is 10.1. The fourth-order valence-corrected chi connectivity index (χ4v) is 2.16. The number of hydrogen-bond donors (Lipinski definition) is 2. The number of β-amino-alcohol motifs (C(OH)–C–C–N with tert-alkyl or cyclic N) is 1. The molecule has 3 nitrogen and oxygen atoms in total. The zero-order chi connectivity index (χ0) is 11.4. The van der Waals surface area contributed by atoms with Crippen LogP contribution < -0.4 is 5.73 Å². The van der Waals surface area contributed by atoms with Crippen LogP contribution >= 0.6 is 0 Å². The second-order valence-corrected chi connectivity index (χ2v) is 4.56. The Morgan fingerprint density at radius 3 is 2.50 bits per heavy atom. The lowest BCUT2D eigenvalue weighted by molar-refractivity contribution is 0.0977. The summed E-state index contributed by atoms with van der Waals surface area (Å²) in [7, 11) is 0. The molecule has 0 unspecified atom stereocenters. The Labute approximate surface area is 96.9 Å². The molecule has 3 N–H and O–H groups in total. The van der Waals surface area contributed by atoms with Gasteiger partial charge in [0.1, 0.15) is 0 Å². The van der Waals surface area contributed by atoms with Crippen molar-refractivity contribution in [3.05, 3.63) is 35.9 Å². The molecule has 0 radical (unpaired) electrons. The lowest BCUT2D eigenvalue weighted by Gasteiger charge is -2.31. The SMILES string of the molecule is NC1CCN(C[C@@H](O)c2ccccc2)CC1. The molecule has 1 atom stereocenters. The highest BCUT2D eigenvalue weighted by molar-refractivity contribution is 5.17. The van der Waals surface area contributed by atoms with Crippen molar-refractivity contribution in [2.45, 2.75) is 25.0 Å². The van der Waals surface area contributed by atoms with E-state index in [4.69, 9.17) is 5.73 Å². The molecular formula is C13H20N2O. The molecule has 1 fully saturated rings. The average Bonchev–Trinajstić information content (AvgIpc) is 2.33. The van der Waals surface area contributed by atoms with E-state index in [0.29, 0.717) is 6.04 Å². The molecule has 3 heteroatoms. The topological polar surface area (TPSA) is 49.5 Å². The number of likely N-dealkylation sites (tertiary alicyclic amines) is 1. The van der Waals surface area contributed by atoms with Crippen molar-refractivity contribution in [2.75, 3.05) is 19.6 Å². The van der Waals surface area contributed by atoms with Crippen LogP contribution in [-0.4, -0.2) is 35.7 Å². The summed E-state index contributed by atoms with van der Waals surface area (Å²) >= 11 is 0. The van der Waals surface area contributed by atoms with Crippen LogP contribution in [0.15, 0.2) is 30.3 Å². The van der Waals surface area contributed by atoms with Crippen LogP contribution in [0.2, 0.25) is 0 Å². The zero-order valence-electron chi connectivity index (χ0n) is 9.55. The van der Waals surface area contributed by atoms with Crippen molar-refractivity contribution in [1.82, 2.24) is 4.90 Å². The number of piperidine rings is 1. The third-order valence-electron chi connectivity index (χ3n) is 3.25. The van der Waals surface area contributed by atoms with Crippen molar-refractivity contribution < 1.29 is 5.11 Å². The Hall–Kier alpha value is -0.900. The van der Waals surface area contributed by atoms with E-state index in [-0.39, 0.29) is 6.10 Å². The minimum Gasteiger partial charge on any atom is -0.387 e. The van der Waals surface area contributed by atoms with Gasteiger partial charge in [-0.1, -0.05) is 30.3 Å². The molecule has 0 aromatic heterocycles. The normalized spacial score (nSPS) is 20.9. The molecule has 0 amide bonds. The second-order valence-electron chi connectivity index (χ2n) is 4.56. The molecule has 1 aliphatic heterocycles. The number of benzene rings is 1. The Morgan fingerprint density at radius 1 is 1.25 bits per heavy atom. The first kappa shape index (κ1) is 11.6. The molecule has 1 saturated heterocycles. The van der Waals surface area contributed by atoms with E-state index in [2.05, 4.69) is 4.90 Å². The van der Waals surface area contributed by atoms with Gasteiger partial charge in [-0.3, -0.25) is 0 Å². The maximum absolute atomic E-state index is 10.1. The summed E-state index contributed by atoms with van der Waals surface area (Å²) in [4.78, 5) is 2.29. The van der Waals surface area contributed by atoms with Crippen molar-refractivity contribution >= 4 is 0 Å². The number of nitrogens with two attached hydrogens (primary N) is 1. The minimum absolute atomic E-state index is 0.352. The van der Waals surface area contributed by atoms with Crippen LogP contribution in [0.4, 0.5) is 0 Å². The first-order valence-electron chi connectivity index (χ1n) is 5.96. The van der Waals surface area contributed by atoms with Crippen LogP contribution in [0.25, 0.3) is 0 Å². The summed E-state index contributed by atoms with van der Waals surface area (Å²) in [6, 6.07) is 10.2. The van der Waals surface area contributed by atoms with Crippen LogP contribution in [0.1, 0.15) is 24.5 Å². The predicted octanol–water partition coefficient (Wildman–Crippen LogP) is 1.14. The monoisotopic (exact) mass is 220 g/mol.